The molecule has 6 nitrogen and oxygen atoms in total. The van der Waals surface area contributed by atoms with Gasteiger partial charge in [0, 0.05) is 36.7 Å². The maximum atomic E-state index is 12.7. The number of carbonyl (C=O) groups is 1. The fourth-order valence-corrected chi connectivity index (χ4v) is 3.82. The molecule has 4 rings (SSSR count). The highest BCUT2D eigenvalue weighted by atomic mass is 35.5. The van der Waals surface area contributed by atoms with Crippen molar-refractivity contribution in [3.63, 3.8) is 0 Å². The van der Waals surface area contributed by atoms with Crippen molar-refractivity contribution in [3.8, 4) is 0 Å². The van der Waals surface area contributed by atoms with Crippen LogP contribution in [-0.2, 0) is 12.8 Å². The lowest BCUT2D eigenvalue weighted by Crippen LogP contribution is -2.11. The number of allylic oxidation sites excluding steroid dienone is 1. The topological polar surface area (TPSA) is 87.1 Å². The molecule has 0 radical (unpaired) electrons. The van der Waals surface area contributed by atoms with Crippen LogP contribution in [0.1, 0.15) is 27.3 Å². The standard InChI is InChI=1S/C26H23ClN4O2/c1-16(32)13-22-24(27)30-23(31-25(22)28-2)14-17-7-11-21(12-8-17)29-26(33)20-10-9-18-5-3-4-6-19(18)15-20/h3-12,15,32H,1,13-14H2,2H3,(H,29,33)(H,28,30,31). The third-order valence-corrected chi connectivity index (χ3v) is 5.52. The van der Waals surface area contributed by atoms with Gasteiger partial charge in [0.2, 0.25) is 0 Å². The number of anilines is 2. The first-order chi connectivity index (χ1) is 15.9. The number of rotatable bonds is 7. The molecule has 3 N–H and O–H groups in total. The number of aromatic nitrogens is 2. The Bertz CT molecular complexity index is 1340. The number of nitrogens with one attached hydrogen (secondary N) is 2. The molecule has 0 saturated heterocycles. The molecular weight excluding hydrogens is 436 g/mol. The van der Waals surface area contributed by atoms with Gasteiger partial charge in [0.1, 0.15) is 16.8 Å². The van der Waals surface area contributed by atoms with E-state index in [0.29, 0.717) is 34.9 Å². The third kappa shape index (κ3) is 5.30. The van der Waals surface area contributed by atoms with Crippen molar-refractivity contribution in [2.75, 3.05) is 17.7 Å². The molecule has 7 heteroatoms. The van der Waals surface area contributed by atoms with Gasteiger partial charge in [-0.15, -0.1) is 0 Å². The number of amides is 1. The first kappa shape index (κ1) is 22.3. The van der Waals surface area contributed by atoms with E-state index in [1.165, 1.54) is 0 Å². The minimum atomic E-state index is -0.164. The highest BCUT2D eigenvalue weighted by molar-refractivity contribution is 6.30. The molecular formula is C26H23ClN4O2. The summed E-state index contributed by atoms with van der Waals surface area (Å²) in [6.45, 7) is 3.50. The number of hydrogen-bond acceptors (Lipinski definition) is 5. The molecule has 4 aromatic rings. The van der Waals surface area contributed by atoms with Gasteiger partial charge in [0.25, 0.3) is 5.91 Å². The number of carbonyl (C=O) groups excluding carboxylic acids is 1. The molecule has 0 saturated carbocycles. The highest BCUT2D eigenvalue weighted by Gasteiger charge is 2.14. The van der Waals surface area contributed by atoms with Crippen LogP contribution < -0.4 is 10.6 Å². The average Bonchev–Trinajstić information content (AvgIpc) is 2.81. The SMILES string of the molecule is C=C(O)Cc1c(Cl)nc(Cc2ccc(NC(=O)c3ccc4ccccc4c3)cc2)nc1NC. The minimum Gasteiger partial charge on any atom is -0.513 e. The van der Waals surface area contributed by atoms with Gasteiger partial charge < -0.3 is 15.7 Å². The lowest BCUT2D eigenvalue weighted by atomic mass is 10.1. The second-order valence-electron chi connectivity index (χ2n) is 7.64. The van der Waals surface area contributed by atoms with Crippen molar-refractivity contribution in [1.29, 1.82) is 0 Å². The van der Waals surface area contributed by atoms with Crippen LogP contribution in [0.2, 0.25) is 5.15 Å². The van der Waals surface area contributed by atoms with Crippen LogP contribution in [0.15, 0.2) is 79.1 Å². The summed E-state index contributed by atoms with van der Waals surface area (Å²) in [4.78, 5) is 21.5. The smallest absolute Gasteiger partial charge is 0.255 e. The second kappa shape index (κ2) is 9.71. The van der Waals surface area contributed by atoms with Crippen molar-refractivity contribution in [3.05, 3.63) is 107 Å². The molecule has 0 bridgehead atoms. The van der Waals surface area contributed by atoms with E-state index in [9.17, 15) is 9.90 Å². The quantitative estimate of drug-likeness (QED) is 0.241. The number of aliphatic hydroxyl groups excluding tert-OH is 1. The summed E-state index contributed by atoms with van der Waals surface area (Å²) in [7, 11) is 1.74. The highest BCUT2D eigenvalue weighted by Crippen LogP contribution is 2.24. The maximum absolute atomic E-state index is 12.7. The van der Waals surface area contributed by atoms with E-state index in [-0.39, 0.29) is 23.2 Å². The molecule has 3 aromatic carbocycles. The van der Waals surface area contributed by atoms with E-state index in [2.05, 4.69) is 27.2 Å². The number of halogens is 1. The Labute approximate surface area is 197 Å². The van der Waals surface area contributed by atoms with Crippen LogP contribution >= 0.6 is 11.6 Å². The van der Waals surface area contributed by atoms with Crippen LogP contribution in [0.4, 0.5) is 11.5 Å². The molecule has 0 aliphatic rings. The van der Waals surface area contributed by atoms with Crippen molar-refractivity contribution in [2.45, 2.75) is 12.8 Å². The van der Waals surface area contributed by atoms with E-state index in [0.717, 1.165) is 16.3 Å². The van der Waals surface area contributed by atoms with Gasteiger partial charge >= 0.3 is 0 Å². The number of hydrogen-bond donors (Lipinski definition) is 3. The zero-order chi connectivity index (χ0) is 23.4. The molecule has 0 aliphatic carbocycles. The zero-order valence-corrected chi connectivity index (χ0v) is 18.9. The van der Waals surface area contributed by atoms with Gasteiger partial charge in [0.15, 0.2) is 0 Å². The molecule has 1 aromatic heterocycles. The van der Waals surface area contributed by atoms with Gasteiger partial charge in [-0.05, 0) is 40.6 Å². The van der Waals surface area contributed by atoms with Crippen LogP contribution in [0, 0.1) is 0 Å². The van der Waals surface area contributed by atoms with Crippen molar-refractivity contribution < 1.29 is 9.90 Å². The normalized spacial score (nSPS) is 10.7. The summed E-state index contributed by atoms with van der Waals surface area (Å²) >= 11 is 6.31. The molecule has 0 fully saturated rings. The lowest BCUT2D eigenvalue weighted by Gasteiger charge is -2.12. The van der Waals surface area contributed by atoms with Crippen LogP contribution in [-0.4, -0.2) is 28.0 Å². The summed E-state index contributed by atoms with van der Waals surface area (Å²) in [6, 6.07) is 21.1. The number of fused-ring (bicyclic) bond motifs is 1. The van der Waals surface area contributed by atoms with Crippen LogP contribution in [0.25, 0.3) is 10.8 Å². The Morgan fingerprint density at radius 2 is 1.76 bits per heavy atom. The second-order valence-corrected chi connectivity index (χ2v) is 8.00. The fourth-order valence-electron chi connectivity index (χ4n) is 3.57. The molecule has 166 valence electrons. The Kier molecular flexibility index (Phi) is 6.56. The summed E-state index contributed by atoms with van der Waals surface area (Å²) < 4.78 is 0. The number of aliphatic hydroxyl groups is 1. The van der Waals surface area contributed by atoms with Gasteiger partial charge in [-0.3, -0.25) is 4.79 Å². The lowest BCUT2D eigenvalue weighted by molar-refractivity contribution is 0.102. The minimum absolute atomic E-state index is 0.00826. The zero-order valence-electron chi connectivity index (χ0n) is 18.1. The van der Waals surface area contributed by atoms with E-state index in [4.69, 9.17) is 11.6 Å². The average molecular weight is 459 g/mol. The Hall–Kier alpha value is -3.90. The number of benzene rings is 3. The van der Waals surface area contributed by atoms with E-state index < -0.39 is 0 Å². The Balaban J connectivity index is 1.46. The summed E-state index contributed by atoms with van der Waals surface area (Å²) in [5.74, 6) is 0.929. The van der Waals surface area contributed by atoms with Crippen LogP contribution in [0.5, 0.6) is 0 Å². The van der Waals surface area contributed by atoms with Crippen molar-refractivity contribution >= 4 is 39.8 Å². The molecule has 0 aliphatic heterocycles. The predicted octanol–water partition coefficient (Wildman–Crippen LogP) is 5.78. The predicted molar refractivity (Wildman–Crippen MR) is 133 cm³/mol. The van der Waals surface area contributed by atoms with Crippen molar-refractivity contribution in [2.24, 2.45) is 0 Å². The van der Waals surface area contributed by atoms with Gasteiger partial charge in [-0.1, -0.05) is 60.6 Å². The van der Waals surface area contributed by atoms with Gasteiger partial charge in [-0.2, -0.15) is 0 Å². The fraction of sp³-hybridized carbons (Fsp3) is 0.115. The maximum Gasteiger partial charge on any atom is 0.255 e. The Morgan fingerprint density at radius 1 is 1.03 bits per heavy atom. The summed E-state index contributed by atoms with van der Waals surface area (Å²) in [5.41, 5.74) is 2.87. The number of nitrogens with zero attached hydrogens (tertiary/aromatic N) is 2. The Morgan fingerprint density at radius 3 is 2.45 bits per heavy atom. The first-order valence-electron chi connectivity index (χ1n) is 10.4. The largest absolute Gasteiger partial charge is 0.513 e. The molecule has 33 heavy (non-hydrogen) atoms. The molecule has 0 spiro atoms. The van der Waals surface area contributed by atoms with Gasteiger partial charge in [-0.25, -0.2) is 9.97 Å². The monoisotopic (exact) mass is 458 g/mol. The molecule has 1 amide bonds. The van der Waals surface area contributed by atoms with Crippen molar-refractivity contribution in [1.82, 2.24) is 9.97 Å². The van der Waals surface area contributed by atoms with Crippen LogP contribution in [0.3, 0.4) is 0 Å². The van der Waals surface area contributed by atoms with E-state index in [1.807, 2.05) is 66.7 Å². The van der Waals surface area contributed by atoms with E-state index >= 15 is 0 Å². The molecule has 1 heterocycles. The van der Waals surface area contributed by atoms with Gasteiger partial charge in [0.05, 0.1) is 5.76 Å². The first-order valence-corrected chi connectivity index (χ1v) is 10.8. The molecule has 0 atom stereocenters. The molecule has 0 unspecified atom stereocenters. The third-order valence-electron chi connectivity index (χ3n) is 5.21. The van der Waals surface area contributed by atoms with E-state index in [1.54, 1.807) is 7.05 Å². The summed E-state index contributed by atoms with van der Waals surface area (Å²) in [5, 5.41) is 17.8. The summed E-state index contributed by atoms with van der Waals surface area (Å²) in [6.07, 6.45) is 0.647.